The van der Waals surface area contributed by atoms with Gasteiger partial charge in [-0.25, -0.2) is 0 Å². The van der Waals surface area contributed by atoms with Crippen LogP contribution in [0.2, 0.25) is 0 Å². The van der Waals surface area contributed by atoms with Crippen LogP contribution in [0.5, 0.6) is 0 Å². The van der Waals surface area contributed by atoms with Crippen LogP contribution in [0, 0.1) is 12.8 Å². The molecule has 0 saturated carbocycles. The van der Waals surface area contributed by atoms with Gasteiger partial charge >= 0.3 is 0 Å². The first kappa shape index (κ1) is 10.1. The van der Waals surface area contributed by atoms with E-state index in [1.165, 1.54) is 0 Å². The molecule has 1 aromatic heterocycles. The molecular weight excluding hydrogens is 196 g/mol. The summed E-state index contributed by atoms with van der Waals surface area (Å²) >= 11 is 0. The maximum absolute atomic E-state index is 11.4. The predicted octanol–water partition coefficient (Wildman–Crippen LogP) is -0.396. The summed E-state index contributed by atoms with van der Waals surface area (Å²) < 4.78 is 4.79. The predicted molar refractivity (Wildman–Crippen MR) is 51.9 cm³/mol. The van der Waals surface area contributed by atoms with Gasteiger partial charge in [0, 0.05) is 13.3 Å². The van der Waals surface area contributed by atoms with E-state index >= 15 is 0 Å². The number of carbonyl (C=O) groups excluding carboxylic acids is 1. The van der Waals surface area contributed by atoms with E-state index in [0.29, 0.717) is 30.6 Å². The highest BCUT2D eigenvalue weighted by atomic mass is 16.5. The Morgan fingerprint density at radius 2 is 2.47 bits per heavy atom. The van der Waals surface area contributed by atoms with E-state index in [1.807, 2.05) is 0 Å². The van der Waals surface area contributed by atoms with Crippen LogP contribution >= 0.6 is 0 Å². The molecule has 1 aliphatic rings. The fourth-order valence-corrected chi connectivity index (χ4v) is 1.42. The normalized spacial score (nSPS) is 16.1. The standard InChI is InChI=1S/C9H14N4O2/c1-6-12-8(13-15-6)5-11-9(14)2-7-3-10-4-7/h7,10H,2-5H2,1H3,(H,11,14). The zero-order chi connectivity index (χ0) is 10.7. The lowest BCUT2D eigenvalue weighted by molar-refractivity contribution is -0.122. The van der Waals surface area contributed by atoms with Gasteiger partial charge in [-0.3, -0.25) is 4.79 Å². The molecule has 1 amide bonds. The van der Waals surface area contributed by atoms with E-state index < -0.39 is 0 Å². The van der Waals surface area contributed by atoms with Gasteiger partial charge in [0.15, 0.2) is 5.82 Å². The molecule has 1 aliphatic heterocycles. The molecule has 2 heterocycles. The molecule has 82 valence electrons. The summed E-state index contributed by atoms with van der Waals surface area (Å²) in [4.78, 5) is 15.4. The monoisotopic (exact) mass is 210 g/mol. The summed E-state index contributed by atoms with van der Waals surface area (Å²) in [5.41, 5.74) is 0. The molecule has 0 radical (unpaired) electrons. The average Bonchev–Trinajstić information content (AvgIpc) is 2.55. The molecule has 6 heteroatoms. The summed E-state index contributed by atoms with van der Waals surface area (Å²) in [5, 5.41) is 9.57. The smallest absolute Gasteiger partial charge is 0.223 e. The van der Waals surface area contributed by atoms with Crippen molar-refractivity contribution >= 4 is 5.91 Å². The molecule has 0 aromatic carbocycles. The minimum Gasteiger partial charge on any atom is -0.349 e. The highest BCUT2D eigenvalue weighted by Gasteiger charge is 2.19. The Bertz CT molecular complexity index is 346. The Balaban J connectivity index is 1.70. The molecule has 1 saturated heterocycles. The van der Waals surface area contributed by atoms with Crippen LogP contribution in [0.15, 0.2) is 4.52 Å². The summed E-state index contributed by atoms with van der Waals surface area (Å²) in [6.45, 7) is 3.94. The van der Waals surface area contributed by atoms with Gasteiger partial charge in [-0.1, -0.05) is 5.16 Å². The third-order valence-corrected chi connectivity index (χ3v) is 2.35. The van der Waals surface area contributed by atoms with Gasteiger partial charge in [0.05, 0.1) is 6.54 Å². The van der Waals surface area contributed by atoms with E-state index in [0.717, 1.165) is 13.1 Å². The van der Waals surface area contributed by atoms with Crippen molar-refractivity contribution in [2.24, 2.45) is 5.92 Å². The van der Waals surface area contributed by atoms with E-state index in [-0.39, 0.29) is 5.91 Å². The summed E-state index contributed by atoms with van der Waals surface area (Å²) in [7, 11) is 0. The van der Waals surface area contributed by atoms with Gasteiger partial charge in [-0.2, -0.15) is 4.98 Å². The summed E-state index contributed by atoms with van der Waals surface area (Å²) in [6.07, 6.45) is 0.573. The summed E-state index contributed by atoms with van der Waals surface area (Å²) in [5.74, 6) is 1.57. The Kier molecular flexibility index (Phi) is 2.96. The number of aryl methyl sites for hydroxylation is 1. The van der Waals surface area contributed by atoms with Crippen LogP contribution in [-0.2, 0) is 11.3 Å². The van der Waals surface area contributed by atoms with Crippen molar-refractivity contribution in [1.29, 1.82) is 0 Å². The summed E-state index contributed by atoms with van der Waals surface area (Å²) in [6, 6.07) is 0. The second-order valence-electron chi connectivity index (χ2n) is 3.73. The fraction of sp³-hybridized carbons (Fsp3) is 0.667. The molecule has 0 atom stereocenters. The number of aromatic nitrogens is 2. The second kappa shape index (κ2) is 4.39. The van der Waals surface area contributed by atoms with E-state index in [1.54, 1.807) is 6.92 Å². The number of amides is 1. The third kappa shape index (κ3) is 2.76. The van der Waals surface area contributed by atoms with Crippen molar-refractivity contribution in [3.05, 3.63) is 11.7 Å². The molecule has 6 nitrogen and oxygen atoms in total. The van der Waals surface area contributed by atoms with E-state index in [2.05, 4.69) is 20.8 Å². The van der Waals surface area contributed by atoms with E-state index in [4.69, 9.17) is 4.52 Å². The van der Waals surface area contributed by atoms with Crippen LogP contribution in [0.1, 0.15) is 18.1 Å². The molecule has 0 spiro atoms. The van der Waals surface area contributed by atoms with Crippen molar-refractivity contribution in [3.63, 3.8) is 0 Å². The number of carbonyl (C=O) groups is 1. The van der Waals surface area contributed by atoms with Crippen molar-refractivity contribution in [3.8, 4) is 0 Å². The Morgan fingerprint density at radius 3 is 3.00 bits per heavy atom. The molecule has 1 aromatic rings. The lowest BCUT2D eigenvalue weighted by Gasteiger charge is -2.26. The van der Waals surface area contributed by atoms with Gasteiger partial charge in [-0.15, -0.1) is 0 Å². The number of nitrogens with zero attached hydrogens (tertiary/aromatic N) is 2. The van der Waals surface area contributed by atoms with Crippen LogP contribution < -0.4 is 10.6 Å². The van der Waals surface area contributed by atoms with Gasteiger partial charge < -0.3 is 15.2 Å². The maximum atomic E-state index is 11.4. The SMILES string of the molecule is Cc1nc(CNC(=O)CC2CNC2)no1. The highest BCUT2D eigenvalue weighted by Crippen LogP contribution is 2.07. The molecule has 15 heavy (non-hydrogen) atoms. The second-order valence-corrected chi connectivity index (χ2v) is 3.73. The van der Waals surface area contributed by atoms with Crippen LogP contribution in [-0.4, -0.2) is 29.1 Å². The molecule has 1 fully saturated rings. The highest BCUT2D eigenvalue weighted by molar-refractivity contribution is 5.76. The third-order valence-electron chi connectivity index (χ3n) is 2.35. The fourth-order valence-electron chi connectivity index (χ4n) is 1.42. The average molecular weight is 210 g/mol. The lowest BCUT2D eigenvalue weighted by Crippen LogP contribution is -2.44. The van der Waals surface area contributed by atoms with Crippen molar-refractivity contribution < 1.29 is 9.32 Å². The number of nitrogens with one attached hydrogen (secondary N) is 2. The van der Waals surface area contributed by atoms with Crippen molar-refractivity contribution in [1.82, 2.24) is 20.8 Å². The van der Waals surface area contributed by atoms with Gasteiger partial charge in [0.1, 0.15) is 0 Å². The molecule has 0 bridgehead atoms. The number of hydrogen-bond donors (Lipinski definition) is 2. The Morgan fingerprint density at radius 1 is 1.67 bits per heavy atom. The Labute approximate surface area is 87.4 Å². The Hall–Kier alpha value is -1.43. The van der Waals surface area contributed by atoms with Crippen molar-refractivity contribution in [2.45, 2.75) is 19.9 Å². The van der Waals surface area contributed by atoms with Gasteiger partial charge in [0.25, 0.3) is 0 Å². The number of rotatable bonds is 4. The zero-order valence-corrected chi connectivity index (χ0v) is 8.62. The molecule has 0 unspecified atom stereocenters. The first-order valence-electron chi connectivity index (χ1n) is 5.00. The molecule has 0 aliphatic carbocycles. The molecule has 2 N–H and O–H groups in total. The van der Waals surface area contributed by atoms with Crippen LogP contribution in [0.3, 0.4) is 0 Å². The lowest BCUT2D eigenvalue weighted by atomic mass is 9.99. The van der Waals surface area contributed by atoms with E-state index in [9.17, 15) is 4.79 Å². The first-order chi connectivity index (χ1) is 7.24. The molecule has 2 rings (SSSR count). The minimum absolute atomic E-state index is 0.0453. The molecular formula is C9H14N4O2. The maximum Gasteiger partial charge on any atom is 0.223 e. The zero-order valence-electron chi connectivity index (χ0n) is 8.62. The van der Waals surface area contributed by atoms with Gasteiger partial charge in [0.2, 0.25) is 11.8 Å². The quantitative estimate of drug-likeness (QED) is 0.707. The minimum atomic E-state index is 0.0453. The van der Waals surface area contributed by atoms with Crippen LogP contribution in [0.25, 0.3) is 0 Å². The first-order valence-corrected chi connectivity index (χ1v) is 5.00. The van der Waals surface area contributed by atoms with Crippen molar-refractivity contribution in [2.75, 3.05) is 13.1 Å². The largest absolute Gasteiger partial charge is 0.349 e. The van der Waals surface area contributed by atoms with Crippen LogP contribution in [0.4, 0.5) is 0 Å². The number of hydrogen-bond acceptors (Lipinski definition) is 5. The topological polar surface area (TPSA) is 80.0 Å². The van der Waals surface area contributed by atoms with Gasteiger partial charge in [-0.05, 0) is 19.0 Å².